The molecular weight excluding hydrogens is 282 g/mol. The van der Waals surface area contributed by atoms with E-state index in [1.165, 1.54) is 0 Å². The van der Waals surface area contributed by atoms with Gasteiger partial charge in [-0.15, -0.1) is 0 Å². The van der Waals surface area contributed by atoms with Gasteiger partial charge in [0.2, 0.25) is 0 Å². The lowest BCUT2D eigenvalue weighted by molar-refractivity contribution is 0.0532. The molecule has 2 aliphatic rings. The number of ether oxygens (including phenoxy) is 4. The maximum atomic E-state index is 5.70. The van der Waals surface area contributed by atoms with Crippen LogP contribution in [0.3, 0.4) is 0 Å². The average molecular weight is 307 g/mol. The van der Waals surface area contributed by atoms with Gasteiger partial charge in [0, 0.05) is 43.6 Å². The molecule has 2 saturated heterocycles. The summed E-state index contributed by atoms with van der Waals surface area (Å²) in [7, 11) is 5.14. The minimum absolute atomic E-state index is 0.154. The maximum absolute atomic E-state index is 5.70. The van der Waals surface area contributed by atoms with Gasteiger partial charge in [0.25, 0.3) is 0 Å². The van der Waals surface area contributed by atoms with E-state index in [1.54, 1.807) is 21.3 Å². The predicted molar refractivity (Wildman–Crippen MR) is 83.4 cm³/mol. The van der Waals surface area contributed by atoms with Gasteiger partial charge in [0.05, 0.1) is 34.0 Å². The molecule has 5 heteroatoms. The number of hydrogen-bond donors (Lipinski definition) is 0. The maximum Gasteiger partial charge on any atom is 0.165 e. The molecule has 0 radical (unpaired) electrons. The van der Waals surface area contributed by atoms with Crippen LogP contribution in [0.25, 0.3) is 0 Å². The third-order valence-electron chi connectivity index (χ3n) is 4.90. The van der Waals surface area contributed by atoms with Crippen molar-refractivity contribution in [3.8, 4) is 11.5 Å². The van der Waals surface area contributed by atoms with Crippen molar-refractivity contribution in [2.24, 2.45) is 11.3 Å². The molecule has 2 fully saturated rings. The lowest BCUT2D eigenvalue weighted by atomic mass is 9.82. The number of nitrogens with zero attached hydrogens (tertiary/aromatic N) is 1. The molecule has 1 aromatic rings. The Morgan fingerprint density at radius 3 is 2.86 bits per heavy atom. The number of hydrogen-bond acceptors (Lipinski definition) is 5. The second kappa shape index (κ2) is 6.44. The first-order valence-electron chi connectivity index (χ1n) is 7.71. The van der Waals surface area contributed by atoms with Crippen LogP contribution in [-0.2, 0) is 16.0 Å². The lowest BCUT2D eigenvalue weighted by Crippen LogP contribution is -2.35. The van der Waals surface area contributed by atoms with Crippen LogP contribution in [0.2, 0.25) is 0 Å². The van der Waals surface area contributed by atoms with Gasteiger partial charge in [-0.25, -0.2) is 0 Å². The molecular formula is C17H25NO4. The van der Waals surface area contributed by atoms with Crippen molar-refractivity contribution < 1.29 is 18.9 Å². The Morgan fingerprint density at radius 2 is 2.14 bits per heavy atom. The molecule has 2 aliphatic heterocycles. The number of fused-ring (bicyclic) bond motifs is 1. The summed E-state index contributed by atoms with van der Waals surface area (Å²) in [5.74, 6) is 2.18. The second-order valence-corrected chi connectivity index (χ2v) is 6.33. The summed E-state index contributed by atoms with van der Waals surface area (Å²) < 4.78 is 22.1. The van der Waals surface area contributed by atoms with Crippen molar-refractivity contribution in [2.75, 3.05) is 54.2 Å². The van der Waals surface area contributed by atoms with Crippen molar-refractivity contribution in [3.05, 3.63) is 23.8 Å². The minimum atomic E-state index is 0.154. The third-order valence-corrected chi connectivity index (χ3v) is 4.90. The van der Waals surface area contributed by atoms with Gasteiger partial charge in [0.15, 0.2) is 11.5 Å². The molecule has 5 nitrogen and oxygen atoms in total. The van der Waals surface area contributed by atoms with Crippen LogP contribution in [-0.4, -0.2) is 59.1 Å². The van der Waals surface area contributed by atoms with E-state index in [1.807, 2.05) is 12.1 Å². The van der Waals surface area contributed by atoms with Crippen molar-refractivity contribution in [1.82, 2.24) is 4.90 Å². The van der Waals surface area contributed by atoms with Gasteiger partial charge < -0.3 is 18.9 Å². The fourth-order valence-corrected chi connectivity index (χ4v) is 3.87. The highest BCUT2D eigenvalue weighted by Crippen LogP contribution is 2.42. The molecule has 0 unspecified atom stereocenters. The Morgan fingerprint density at radius 1 is 1.27 bits per heavy atom. The Labute approximate surface area is 132 Å². The van der Waals surface area contributed by atoms with E-state index in [0.29, 0.717) is 5.92 Å². The standard InChI is InChI=1S/C17H25NO4/c1-19-11-17-10-18(8-14(17)9-22-12-17)7-13-5-4-6-15(20-2)16(13)21-3/h4-6,14H,7-12H2,1-3H3/t14-,17-/m0/s1. The number of likely N-dealkylation sites (tertiary alicyclic amines) is 1. The third kappa shape index (κ3) is 2.69. The van der Waals surface area contributed by atoms with E-state index >= 15 is 0 Å². The molecule has 2 atom stereocenters. The summed E-state index contributed by atoms with van der Waals surface area (Å²) in [6.07, 6.45) is 0. The largest absolute Gasteiger partial charge is 0.493 e. The molecule has 0 saturated carbocycles. The van der Waals surface area contributed by atoms with Crippen LogP contribution < -0.4 is 9.47 Å². The van der Waals surface area contributed by atoms with Crippen LogP contribution >= 0.6 is 0 Å². The summed E-state index contributed by atoms with van der Waals surface area (Å²) in [6, 6.07) is 6.05. The summed E-state index contributed by atoms with van der Waals surface area (Å²) >= 11 is 0. The van der Waals surface area contributed by atoms with Gasteiger partial charge >= 0.3 is 0 Å². The van der Waals surface area contributed by atoms with Crippen molar-refractivity contribution in [2.45, 2.75) is 6.54 Å². The number of rotatable bonds is 6. The topological polar surface area (TPSA) is 40.2 Å². The molecule has 0 N–H and O–H groups in total. The first-order valence-corrected chi connectivity index (χ1v) is 7.71. The molecule has 122 valence electrons. The zero-order valence-corrected chi connectivity index (χ0v) is 13.6. The lowest BCUT2D eigenvalue weighted by Gasteiger charge is -2.26. The molecule has 1 aromatic carbocycles. The van der Waals surface area contributed by atoms with E-state index in [-0.39, 0.29) is 5.41 Å². The molecule has 3 rings (SSSR count). The second-order valence-electron chi connectivity index (χ2n) is 6.33. The SMILES string of the molecule is COC[C@@]12COC[C@@H]1CN(Cc1cccc(OC)c1OC)C2. The van der Waals surface area contributed by atoms with Crippen LogP contribution in [0.15, 0.2) is 18.2 Å². The zero-order chi connectivity index (χ0) is 15.6. The summed E-state index contributed by atoms with van der Waals surface area (Å²) in [6.45, 7) is 5.33. The van der Waals surface area contributed by atoms with Gasteiger partial charge in [-0.1, -0.05) is 12.1 Å². The van der Waals surface area contributed by atoms with Crippen LogP contribution in [0.4, 0.5) is 0 Å². The highest BCUT2D eigenvalue weighted by Gasteiger charge is 2.50. The van der Waals surface area contributed by atoms with Gasteiger partial charge in [-0.3, -0.25) is 4.90 Å². The number of methoxy groups -OCH3 is 3. The summed E-state index contributed by atoms with van der Waals surface area (Å²) in [4.78, 5) is 2.48. The molecule has 0 spiro atoms. The zero-order valence-electron chi connectivity index (χ0n) is 13.6. The average Bonchev–Trinajstić information content (AvgIpc) is 3.03. The summed E-state index contributed by atoms with van der Waals surface area (Å²) in [5.41, 5.74) is 1.32. The van der Waals surface area contributed by atoms with Gasteiger partial charge in [0.1, 0.15) is 0 Å². The molecule has 0 amide bonds. The van der Waals surface area contributed by atoms with Crippen LogP contribution in [0, 0.1) is 11.3 Å². The Bertz CT molecular complexity index is 521. The predicted octanol–water partition coefficient (Wildman–Crippen LogP) is 1.80. The Kier molecular flexibility index (Phi) is 4.57. The van der Waals surface area contributed by atoms with Crippen molar-refractivity contribution >= 4 is 0 Å². The van der Waals surface area contributed by atoms with E-state index in [2.05, 4.69) is 11.0 Å². The minimum Gasteiger partial charge on any atom is -0.493 e. The molecule has 0 bridgehead atoms. The van der Waals surface area contributed by atoms with Gasteiger partial charge in [-0.2, -0.15) is 0 Å². The normalized spacial score (nSPS) is 27.9. The fourth-order valence-electron chi connectivity index (χ4n) is 3.87. The molecule has 0 aromatic heterocycles. The van der Waals surface area contributed by atoms with Crippen molar-refractivity contribution in [3.63, 3.8) is 0 Å². The molecule has 2 heterocycles. The Balaban J connectivity index is 1.75. The first kappa shape index (κ1) is 15.6. The molecule has 0 aliphatic carbocycles. The smallest absolute Gasteiger partial charge is 0.165 e. The summed E-state index contributed by atoms with van der Waals surface area (Å²) in [5, 5.41) is 0. The quantitative estimate of drug-likeness (QED) is 0.801. The molecule has 22 heavy (non-hydrogen) atoms. The fraction of sp³-hybridized carbons (Fsp3) is 0.647. The number of benzene rings is 1. The van der Waals surface area contributed by atoms with Gasteiger partial charge in [-0.05, 0) is 6.07 Å². The number of para-hydroxylation sites is 1. The first-order chi connectivity index (χ1) is 10.7. The van der Waals surface area contributed by atoms with Crippen LogP contribution in [0.5, 0.6) is 11.5 Å². The van der Waals surface area contributed by atoms with E-state index < -0.39 is 0 Å². The Hall–Kier alpha value is -1.30. The van der Waals surface area contributed by atoms with E-state index in [0.717, 1.165) is 56.5 Å². The van der Waals surface area contributed by atoms with Crippen LogP contribution in [0.1, 0.15) is 5.56 Å². The highest BCUT2D eigenvalue weighted by molar-refractivity contribution is 5.46. The van der Waals surface area contributed by atoms with E-state index in [9.17, 15) is 0 Å². The monoisotopic (exact) mass is 307 g/mol. The van der Waals surface area contributed by atoms with Crippen molar-refractivity contribution in [1.29, 1.82) is 0 Å². The van der Waals surface area contributed by atoms with E-state index in [4.69, 9.17) is 18.9 Å². The highest BCUT2D eigenvalue weighted by atomic mass is 16.5.